The molecule has 0 heterocycles. The van der Waals surface area contributed by atoms with Crippen LogP contribution < -0.4 is 5.73 Å². The fourth-order valence-electron chi connectivity index (χ4n) is 3.40. The summed E-state index contributed by atoms with van der Waals surface area (Å²) >= 11 is 0. The lowest BCUT2D eigenvalue weighted by molar-refractivity contribution is 0.471. The van der Waals surface area contributed by atoms with Crippen molar-refractivity contribution in [1.29, 1.82) is 0 Å². The zero-order valence-corrected chi connectivity index (χ0v) is 18.3. The van der Waals surface area contributed by atoms with Crippen LogP contribution in [0.2, 0.25) is 0 Å². The molecule has 33 heavy (non-hydrogen) atoms. The molecule has 170 valence electrons. The Bertz CT molecular complexity index is 1590. The van der Waals surface area contributed by atoms with E-state index < -0.39 is 30.4 Å². The first kappa shape index (κ1) is 22.6. The molecule has 1 aliphatic rings. The van der Waals surface area contributed by atoms with Gasteiger partial charge in [-0.3, -0.25) is 9.11 Å². The summed E-state index contributed by atoms with van der Waals surface area (Å²) in [7, 11) is -8.93. The highest BCUT2D eigenvalue weighted by Crippen LogP contribution is 2.37. The second kappa shape index (κ2) is 8.08. The van der Waals surface area contributed by atoms with Crippen LogP contribution in [-0.2, 0) is 20.2 Å². The lowest BCUT2D eigenvalue weighted by Gasteiger charge is -2.08. The van der Waals surface area contributed by atoms with Crippen molar-refractivity contribution in [1.82, 2.24) is 0 Å². The average molecular weight is 488 g/mol. The number of fused-ring (bicyclic) bond motifs is 2. The number of nitrogen functional groups attached to an aromatic ring is 1. The smallest absolute Gasteiger partial charge is 0.294 e. The number of anilines is 1. The fraction of sp³-hybridized carbons (Fsp3) is 0.0476. The predicted octanol–water partition coefficient (Wildman–Crippen LogP) is 4.09. The molecule has 3 aromatic rings. The van der Waals surface area contributed by atoms with Gasteiger partial charge >= 0.3 is 0 Å². The molecule has 0 amide bonds. The fourth-order valence-corrected chi connectivity index (χ4v) is 4.48. The maximum Gasteiger partial charge on any atom is 0.294 e. The summed E-state index contributed by atoms with van der Waals surface area (Å²) in [6.45, 7) is 0. The molecule has 10 nitrogen and oxygen atoms in total. The van der Waals surface area contributed by atoms with E-state index in [0.29, 0.717) is 27.9 Å². The first-order chi connectivity index (χ1) is 15.4. The predicted molar refractivity (Wildman–Crippen MR) is 124 cm³/mol. The van der Waals surface area contributed by atoms with Crippen molar-refractivity contribution in [2.75, 3.05) is 5.73 Å². The Labute approximate surface area is 188 Å². The van der Waals surface area contributed by atoms with Crippen molar-refractivity contribution in [3.8, 4) is 5.75 Å². The van der Waals surface area contributed by atoms with Gasteiger partial charge in [0.1, 0.15) is 11.0 Å². The molecule has 5 N–H and O–H groups in total. The Morgan fingerprint density at radius 2 is 1.48 bits per heavy atom. The average Bonchev–Trinajstić information content (AvgIpc) is 2.97. The van der Waals surface area contributed by atoms with Crippen LogP contribution in [0.3, 0.4) is 0 Å². The van der Waals surface area contributed by atoms with Gasteiger partial charge in [-0.15, -0.1) is 10.2 Å². The zero-order valence-electron chi connectivity index (χ0n) is 16.7. The van der Waals surface area contributed by atoms with E-state index in [4.69, 9.17) is 5.73 Å². The molecular weight excluding hydrogens is 470 g/mol. The van der Waals surface area contributed by atoms with Gasteiger partial charge in [0.05, 0.1) is 16.3 Å². The second-order valence-electron chi connectivity index (χ2n) is 7.19. The number of hydrogen-bond donors (Lipinski definition) is 4. The number of aromatic hydroxyl groups is 1. The van der Waals surface area contributed by atoms with E-state index in [0.717, 1.165) is 6.07 Å². The van der Waals surface area contributed by atoms with E-state index in [9.17, 15) is 31.0 Å². The van der Waals surface area contributed by atoms with Crippen molar-refractivity contribution >= 4 is 60.2 Å². The molecule has 1 atom stereocenters. The van der Waals surface area contributed by atoms with E-state index in [1.54, 1.807) is 30.3 Å². The summed E-state index contributed by atoms with van der Waals surface area (Å²) in [4.78, 5) is -0.499. The quantitative estimate of drug-likeness (QED) is 0.241. The summed E-state index contributed by atoms with van der Waals surface area (Å²) in [5.74, 6) is -0.358. The third kappa shape index (κ3) is 4.50. The SMILES string of the molecule is Nc1ccc(/N=N\c2cccc3c(O)cc(S(=O)(=O)O)cc23)c2c1C=CC(S(=O)(=O)O)C=C2. The molecule has 0 saturated heterocycles. The van der Waals surface area contributed by atoms with Gasteiger partial charge in [0.25, 0.3) is 20.2 Å². The number of phenols is 1. The van der Waals surface area contributed by atoms with Crippen molar-refractivity contribution in [2.45, 2.75) is 10.1 Å². The number of nitrogens with zero attached hydrogens (tertiary/aromatic N) is 2. The van der Waals surface area contributed by atoms with Gasteiger partial charge < -0.3 is 10.8 Å². The molecule has 0 saturated carbocycles. The maximum absolute atomic E-state index is 11.5. The minimum Gasteiger partial charge on any atom is -0.507 e. The van der Waals surface area contributed by atoms with E-state index in [-0.39, 0.29) is 16.8 Å². The number of benzene rings is 3. The van der Waals surface area contributed by atoms with Gasteiger partial charge in [0.15, 0.2) is 0 Å². The summed E-state index contributed by atoms with van der Waals surface area (Å²) in [6.07, 6.45) is 5.50. The van der Waals surface area contributed by atoms with Gasteiger partial charge in [-0.1, -0.05) is 36.4 Å². The van der Waals surface area contributed by atoms with Gasteiger partial charge in [-0.25, -0.2) is 0 Å². The molecule has 0 aromatic heterocycles. The molecule has 3 aromatic carbocycles. The first-order valence-corrected chi connectivity index (χ1v) is 12.3. The molecule has 4 rings (SSSR count). The van der Waals surface area contributed by atoms with Gasteiger partial charge in [-0.05, 0) is 24.3 Å². The molecule has 0 radical (unpaired) electrons. The van der Waals surface area contributed by atoms with Crippen LogP contribution in [0.5, 0.6) is 5.75 Å². The van der Waals surface area contributed by atoms with Crippen molar-refractivity contribution < 1.29 is 31.0 Å². The molecule has 0 aliphatic heterocycles. The van der Waals surface area contributed by atoms with Crippen molar-refractivity contribution in [3.63, 3.8) is 0 Å². The van der Waals surface area contributed by atoms with E-state index in [1.165, 1.54) is 30.4 Å². The Morgan fingerprint density at radius 3 is 2.15 bits per heavy atom. The Balaban J connectivity index is 1.84. The number of rotatable bonds is 4. The first-order valence-electron chi connectivity index (χ1n) is 9.35. The molecular formula is C21H17N3O7S2. The summed E-state index contributed by atoms with van der Waals surface area (Å²) < 4.78 is 64.8. The molecule has 1 aliphatic carbocycles. The molecule has 1 unspecified atom stereocenters. The Hall–Kier alpha value is -3.58. The Morgan fingerprint density at radius 1 is 0.818 bits per heavy atom. The van der Waals surface area contributed by atoms with Gasteiger partial charge in [-0.2, -0.15) is 16.8 Å². The second-order valence-corrected chi connectivity index (χ2v) is 10.2. The van der Waals surface area contributed by atoms with Crippen LogP contribution in [0.15, 0.2) is 69.7 Å². The monoisotopic (exact) mass is 487 g/mol. The van der Waals surface area contributed by atoms with E-state index in [2.05, 4.69) is 10.2 Å². The van der Waals surface area contributed by atoms with Crippen LogP contribution >= 0.6 is 0 Å². The van der Waals surface area contributed by atoms with E-state index in [1.807, 2.05) is 0 Å². The minimum atomic E-state index is -4.57. The highest BCUT2D eigenvalue weighted by molar-refractivity contribution is 7.86. The molecule has 12 heteroatoms. The molecule has 0 bridgehead atoms. The lowest BCUT2D eigenvalue weighted by Crippen LogP contribution is -2.14. The number of azo groups is 1. The van der Waals surface area contributed by atoms with Crippen LogP contribution in [0, 0.1) is 0 Å². The lowest BCUT2D eigenvalue weighted by atomic mass is 10.0. The number of hydrogen-bond acceptors (Lipinski definition) is 8. The van der Waals surface area contributed by atoms with Crippen LogP contribution in [0.25, 0.3) is 22.9 Å². The Kier molecular flexibility index (Phi) is 5.54. The van der Waals surface area contributed by atoms with Gasteiger partial charge in [0.2, 0.25) is 0 Å². The van der Waals surface area contributed by atoms with Gasteiger partial charge in [0, 0.05) is 33.7 Å². The maximum atomic E-state index is 11.5. The standard InChI is InChI=1S/C21H17N3O7S2/c22-18-8-9-20(15-7-5-12(32(26,27)28)4-6-14(15)18)24-23-19-3-1-2-16-17(19)10-13(11-21(16)25)33(29,30)31/h1-12,25H,22H2,(H,26,27,28)(H,29,30,31)/b24-23-. The summed E-state index contributed by atoms with van der Waals surface area (Å²) in [5, 5.41) is 17.9. The van der Waals surface area contributed by atoms with Crippen LogP contribution in [0.1, 0.15) is 11.1 Å². The third-order valence-electron chi connectivity index (χ3n) is 5.03. The molecule has 0 fully saturated rings. The van der Waals surface area contributed by atoms with E-state index >= 15 is 0 Å². The minimum absolute atomic E-state index is 0.211. The van der Waals surface area contributed by atoms with Crippen molar-refractivity contribution in [3.05, 3.63) is 65.7 Å². The highest BCUT2D eigenvalue weighted by Gasteiger charge is 2.20. The zero-order chi connectivity index (χ0) is 24.0. The summed E-state index contributed by atoms with van der Waals surface area (Å²) in [6, 6.07) is 9.91. The number of nitrogens with two attached hydrogens (primary N) is 1. The third-order valence-corrected chi connectivity index (χ3v) is 6.87. The normalized spacial score (nSPS) is 16.2. The largest absolute Gasteiger partial charge is 0.507 e. The topological polar surface area (TPSA) is 180 Å². The summed E-state index contributed by atoms with van der Waals surface area (Å²) in [5.41, 5.74) is 7.85. The molecule has 0 spiro atoms. The number of phenolic OH excluding ortho intramolecular Hbond substituents is 1. The highest BCUT2D eigenvalue weighted by atomic mass is 32.2. The van der Waals surface area contributed by atoms with Crippen LogP contribution in [-0.4, -0.2) is 36.3 Å². The van der Waals surface area contributed by atoms with Crippen molar-refractivity contribution in [2.24, 2.45) is 10.2 Å². The van der Waals surface area contributed by atoms with Crippen LogP contribution in [0.4, 0.5) is 17.1 Å².